The summed E-state index contributed by atoms with van der Waals surface area (Å²) >= 11 is 0. The zero-order valence-electron chi connectivity index (χ0n) is 19.0. The number of nitrogens with one attached hydrogen (secondary N) is 2. The smallest absolute Gasteiger partial charge is 0.269 e. The zero-order chi connectivity index (χ0) is 23.7. The van der Waals surface area contributed by atoms with E-state index in [1.54, 1.807) is 26.4 Å². The number of H-pyrrole nitrogens is 1. The molecule has 1 atom stereocenters. The molecule has 1 aromatic heterocycles. The number of hydrogen-bond acceptors (Lipinski definition) is 6. The van der Waals surface area contributed by atoms with Crippen LogP contribution in [0.1, 0.15) is 28.4 Å². The standard InChI is InChI=1S/C26H25N3O5/c1-32-20-8-9-23-22(14-20)21-11-12-27-25(26(21)28-23)16-3-10-24(33-2)17(13-16)15-34-19-6-4-18(5-7-19)29(30)31/h3-10,13-14,25,27-28H,11-12,15H2,1-2H3. The van der Waals surface area contributed by atoms with Crippen LogP contribution in [0.3, 0.4) is 0 Å². The van der Waals surface area contributed by atoms with Gasteiger partial charge in [-0.3, -0.25) is 10.1 Å². The van der Waals surface area contributed by atoms with Crippen LogP contribution in [-0.2, 0) is 13.0 Å². The van der Waals surface area contributed by atoms with Crippen molar-refractivity contribution in [1.29, 1.82) is 0 Å². The van der Waals surface area contributed by atoms with Crippen LogP contribution in [0.15, 0.2) is 60.7 Å². The van der Waals surface area contributed by atoms with E-state index in [-0.39, 0.29) is 18.3 Å². The molecule has 0 saturated carbocycles. The molecule has 1 aliphatic rings. The number of nitro benzene ring substituents is 1. The van der Waals surface area contributed by atoms with Gasteiger partial charge in [0.1, 0.15) is 23.9 Å². The number of ether oxygens (including phenoxy) is 3. The molecule has 0 fully saturated rings. The number of fused-ring (bicyclic) bond motifs is 3. The lowest BCUT2D eigenvalue weighted by atomic mass is 9.93. The maximum absolute atomic E-state index is 10.9. The Morgan fingerprint density at radius 3 is 2.53 bits per heavy atom. The molecule has 0 aliphatic carbocycles. The first-order chi connectivity index (χ1) is 16.6. The highest BCUT2D eigenvalue weighted by molar-refractivity contribution is 5.86. The van der Waals surface area contributed by atoms with Gasteiger partial charge in [-0.25, -0.2) is 0 Å². The van der Waals surface area contributed by atoms with Crippen molar-refractivity contribution in [1.82, 2.24) is 10.3 Å². The summed E-state index contributed by atoms with van der Waals surface area (Å²) in [6.45, 7) is 1.14. The second-order valence-electron chi connectivity index (χ2n) is 8.18. The van der Waals surface area contributed by atoms with Crippen LogP contribution in [0.5, 0.6) is 17.2 Å². The first-order valence-electron chi connectivity index (χ1n) is 11.0. The summed E-state index contributed by atoms with van der Waals surface area (Å²) in [5, 5.41) is 15.7. The fraction of sp³-hybridized carbons (Fsp3) is 0.231. The molecule has 2 N–H and O–H groups in total. The number of hydrogen-bond donors (Lipinski definition) is 2. The van der Waals surface area contributed by atoms with Crippen LogP contribution in [0, 0.1) is 10.1 Å². The lowest BCUT2D eigenvalue weighted by Gasteiger charge is -2.25. The summed E-state index contributed by atoms with van der Waals surface area (Å²) in [7, 11) is 3.31. The van der Waals surface area contributed by atoms with Crippen molar-refractivity contribution >= 4 is 16.6 Å². The average molecular weight is 460 g/mol. The Labute approximate surface area is 196 Å². The van der Waals surface area contributed by atoms with Gasteiger partial charge < -0.3 is 24.5 Å². The molecule has 0 amide bonds. The van der Waals surface area contributed by atoms with E-state index in [0.29, 0.717) is 5.75 Å². The van der Waals surface area contributed by atoms with Crippen molar-refractivity contribution in [2.24, 2.45) is 0 Å². The highest BCUT2D eigenvalue weighted by atomic mass is 16.6. The van der Waals surface area contributed by atoms with Crippen molar-refractivity contribution in [2.45, 2.75) is 19.1 Å². The summed E-state index contributed by atoms with van der Waals surface area (Å²) in [5.41, 5.74) is 5.57. The number of nitro groups is 1. The summed E-state index contributed by atoms with van der Waals surface area (Å²) in [6.07, 6.45) is 0.936. The molecule has 0 radical (unpaired) electrons. The van der Waals surface area contributed by atoms with Gasteiger partial charge in [0, 0.05) is 40.8 Å². The average Bonchev–Trinajstić information content (AvgIpc) is 3.25. The molecule has 2 heterocycles. The van der Waals surface area contributed by atoms with Gasteiger partial charge >= 0.3 is 0 Å². The Kier molecular flexibility index (Phi) is 5.81. The van der Waals surface area contributed by atoms with Gasteiger partial charge in [0.25, 0.3) is 5.69 Å². The minimum absolute atomic E-state index is 0.00572. The molecule has 0 bridgehead atoms. The summed E-state index contributed by atoms with van der Waals surface area (Å²) < 4.78 is 16.9. The van der Waals surface area contributed by atoms with E-state index < -0.39 is 4.92 Å². The van der Waals surface area contributed by atoms with Crippen LogP contribution in [-0.4, -0.2) is 30.7 Å². The normalized spacial score (nSPS) is 15.1. The van der Waals surface area contributed by atoms with E-state index in [4.69, 9.17) is 14.2 Å². The van der Waals surface area contributed by atoms with E-state index in [0.717, 1.165) is 46.8 Å². The van der Waals surface area contributed by atoms with Crippen LogP contribution >= 0.6 is 0 Å². The number of aromatic amines is 1. The topological polar surface area (TPSA) is 98.7 Å². The molecule has 0 saturated heterocycles. The van der Waals surface area contributed by atoms with Crippen LogP contribution in [0.25, 0.3) is 10.9 Å². The molecule has 0 spiro atoms. The van der Waals surface area contributed by atoms with E-state index in [2.05, 4.69) is 34.6 Å². The van der Waals surface area contributed by atoms with Crippen molar-refractivity contribution in [3.05, 3.63) is 93.2 Å². The number of nitrogens with zero attached hydrogens (tertiary/aromatic N) is 1. The van der Waals surface area contributed by atoms with E-state index in [9.17, 15) is 10.1 Å². The minimum atomic E-state index is -0.429. The third kappa shape index (κ3) is 4.04. The summed E-state index contributed by atoms with van der Waals surface area (Å²) in [5.74, 6) is 2.13. The van der Waals surface area contributed by atoms with Crippen LogP contribution < -0.4 is 19.5 Å². The highest BCUT2D eigenvalue weighted by Gasteiger charge is 2.26. The molecule has 5 rings (SSSR count). The molecule has 4 aromatic rings. The molecular formula is C26H25N3O5. The van der Waals surface area contributed by atoms with Crippen LogP contribution in [0.2, 0.25) is 0 Å². The van der Waals surface area contributed by atoms with Gasteiger partial charge in [0.2, 0.25) is 0 Å². The zero-order valence-corrected chi connectivity index (χ0v) is 19.0. The van der Waals surface area contributed by atoms with Crippen molar-refractivity contribution in [3.63, 3.8) is 0 Å². The lowest BCUT2D eigenvalue weighted by Crippen LogP contribution is -2.30. The molecular weight excluding hydrogens is 434 g/mol. The molecule has 34 heavy (non-hydrogen) atoms. The Morgan fingerprint density at radius 1 is 1.00 bits per heavy atom. The molecule has 3 aromatic carbocycles. The van der Waals surface area contributed by atoms with Gasteiger partial charge in [0.05, 0.1) is 25.2 Å². The first-order valence-corrected chi connectivity index (χ1v) is 11.0. The monoisotopic (exact) mass is 459 g/mol. The van der Waals surface area contributed by atoms with Crippen molar-refractivity contribution in [2.75, 3.05) is 20.8 Å². The number of benzene rings is 3. The van der Waals surface area contributed by atoms with Crippen LogP contribution in [0.4, 0.5) is 5.69 Å². The largest absolute Gasteiger partial charge is 0.497 e. The lowest BCUT2D eigenvalue weighted by molar-refractivity contribution is -0.384. The van der Waals surface area contributed by atoms with Gasteiger partial charge in [-0.2, -0.15) is 0 Å². The Morgan fingerprint density at radius 2 is 1.79 bits per heavy atom. The molecule has 174 valence electrons. The van der Waals surface area contributed by atoms with Gasteiger partial charge in [-0.1, -0.05) is 6.07 Å². The van der Waals surface area contributed by atoms with E-state index >= 15 is 0 Å². The second kappa shape index (κ2) is 9.07. The Hall–Kier alpha value is -4.04. The van der Waals surface area contributed by atoms with E-state index in [1.807, 2.05) is 12.1 Å². The fourth-order valence-corrected chi connectivity index (χ4v) is 4.53. The number of methoxy groups -OCH3 is 2. The third-order valence-corrected chi connectivity index (χ3v) is 6.24. The molecule has 1 unspecified atom stereocenters. The summed E-state index contributed by atoms with van der Waals surface area (Å²) in [6, 6.07) is 18.3. The third-order valence-electron chi connectivity index (χ3n) is 6.24. The minimum Gasteiger partial charge on any atom is -0.497 e. The predicted molar refractivity (Wildman–Crippen MR) is 129 cm³/mol. The number of non-ortho nitro benzene ring substituents is 1. The van der Waals surface area contributed by atoms with Gasteiger partial charge in [-0.15, -0.1) is 0 Å². The quantitative estimate of drug-likeness (QED) is 0.301. The Balaban J connectivity index is 1.44. The number of rotatable bonds is 7. The SMILES string of the molecule is COc1ccc2[nH]c3c(c2c1)CCNC3c1ccc(OC)c(COc2ccc([N+](=O)[O-])cc2)c1. The summed E-state index contributed by atoms with van der Waals surface area (Å²) in [4.78, 5) is 14.0. The number of aromatic nitrogens is 1. The maximum Gasteiger partial charge on any atom is 0.269 e. The Bertz CT molecular complexity index is 1350. The van der Waals surface area contributed by atoms with E-state index in [1.165, 1.54) is 23.1 Å². The first kappa shape index (κ1) is 21.8. The van der Waals surface area contributed by atoms with Crippen molar-refractivity contribution in [3.8, 4) is 17.2 Å². The fourth-order valence-electron chi connectivity index (χ4n) is 4.53. The second-order valence-corrected chi connectivity index (χ2v) is 8.18. The van der Waals surface area contributed by atoms with Gasteiger partial charge in [-0.05, 0) is 60.0 Å². The molecule has 8 heteroatoms. The molecule has 1 aliphatic heterocycles. The predicted octanol–water partition coefficient (Wildman–Crippen LogP) is 4.91. The highest BCUT2D eigenvalue weighted by Crippen LogP contribution is 2.36. The molecule has 8 nitrogen and oxygen atoms in total. The van der Waals surface area contributed by atoms with Gasteiger partial charge in [0.15, 0.2) is 0 Å². The van der Waals surface area contributed by atoms with Crippen molar-refractivity contribution < 1.29 is 19.1 Å². The maximum atomic E-state index is 10.9.